The molecule has 0 amide bonds. The number of nitrogens with two attached hydrogens (primary N) is 1. The first-order valence-corrected chi connectivity index (χ1v) is 5.52. The largest absolute Gasteiger partial charge is 0.481 e. The molecule has 0 atom stereocenters. The van der Waals surface area contributed by atoms with Gasteiger partial charge in [0.1, 0.15) is 0 Å². The van der Waals surface area contributed by atoms with Gasteiger partial charge in [-0.2, -0.15) is 0 Å². The van der Waals surface area contributed by atoms with Crippen LogP contribution in [0, 0.1) is 0 Å². The van der Waals surface area contributed by atoms with Crippen molar-refractivity contribution >= 4 is 0 Å². The molecule has 0 aromatic carbocycles. The number of nitrogens with zero attached hydrogens (tertiary/aromatic N) is 3. The molecule has 0 aliphatic heterocycles. The van der Waals surface area contributed by atoms with Gasteiger partial charge in [0, 0.05) is 18.7 Å². The number of rotatable bonds is 5. The van der Waals surface area contributed by atoms with Gasteiger partial charge in [0.25, 0.3) is 0 Å². The van der Waals surface area contributed by atoms with Crippen LogP contribution in [0.2, 0.25) is 0 Å². The lowest BCUT2D eigenvalue weighted by molar-refractivity contribution is 0.396. The van der Waals surface area contributed by atoms with E-state index in [-0.39, 0.29) is 0 Å². The minimum Gasteiger partial charge on any atom is -0.481 e. The van der Waals surface area contributed by atoms with Gasteiger partial charge in [-0.05, 0) is 12.6 Å². The van der Waals surface area contributed by atoms with E-state index in [0.717, 1.165) is 17.8 Å². The Kier molecular flexibility index (Phi) is 3.72. The lowest BCUT2D eigenvalue weighted by Crippen LogP contribution is -2.03. The zero-order chi connectivity index (χ0) is 12.1. The first kappa shape index (κ1) is 11.6. The van der Waals surface area contributed by atoms with Crippen LogP contribution < -0.4 is 10.5 Å². The van der Waals surface area contributed by atoms with Crippen LogP contribution in [0.5, 0.6) is 5.88 Å². The third-order valence-corrected chi connectivity index (χ3v) is 2.42. The predicted molar refractivity (Wildman–Crippen MR) is 64.9 cm³/mol. The topological polar surface area (TPSA) is 66.0 Å². The molecule has 0 spiro atoms. The number of methoxy groups -OCH3 is 1. The van der Waals surface area contributed by atoms with Crippen LogP contribution in [0.4, 0.5) is 0 Å². The summed E-state index contributed by atoms with van der Waals surface area (Å²) in [6, 6.07) is 5.72. The van der Waals surface area contributed by atoms with Gasteiger partial charge in [0.15, 0.2) is 0 Å². The molecule has 0 saturated heterocycles. The summed E-state index contributed by atoms with van der Waals surface area (Å²) in [7, 11) is 1.61. The molecule has 2 heterocycles. The number of pyridine rings is 1. The van der Waals surface area contributed by atoms with Gasteiger partial charge in [-0.1, -0.05) is 6.07 Å². The molecule has 5 heteroatoms. The van der Waals surface area contributed by atoms with Gasteiger partial charge in [0.2, 0.25) is 5.88 Å². The van der Waals surface area contributed by atoms with Crippen molar-refractivity contribution in [2.75, 3.05) is 13.7 Å². The second-order valence-corrected chi connectivity index (χ2v) is 3.75. The van der Waals surface area contributed by atoms with Crippen molar-refractivity contribution in [1.82, 2.24) is 14.5 Å². The Morgan fingerprint density at radius 3 is 3.00 bits per heavy atom. The Hall–Kier alpha value is -1.88. The average molecular weight is 232 g/mol. The Bertz CT molecular complexity index is 481. The third-order valence-electron chi connectivity index (χ3n) is 2.42. The van der Waals surface area contributed by atoms with Crippen molar-refractivity contribution in [3.63, 3.8) is 0 Å². The summed E-state index contributed by atoms with van der Waals surface area (Å²) in [6.07, 6.45) is 4.60. The normalized spacial score (nSPS) is 10.5. The number of aromatic nitrogens is 3. The maximum atomic E-state index is 5.48. The highest BCUT2D eigenvalue weighted by Gasteiger charge is 2.01. The molecular weight excluding hydrogens is 216 g/mol. The van der Waals surface area contributed by atoms with E-state index in [0.29, 0.717) is 19.0 Å². The fourth-order valence-corrected chi connectivity index (χ4v) is 1.62. The molecule has 0 aliphatic carbocycles. The first-order valence-electron chi connectivity index (χ1n) is 5.52. The molecule has 2 rings (SSSR count). The van der Waals surface area contributed by atoms with Crippen LogP contribution in [0.25, 0.3) is 0 Å². The van der Waals surface area contributed by atoms with Crippen LogP contribution in [0.15, 0.2) is 30.7 Å². The van der Waals surface area contributed by atoms with E-state index >= 15 is 0 Å². The Balaban J connectivity index is 2.08. The predicted octanol–water partition coefficient (Wildman–Crippen LogP) is 0.836. The lowest BCUT2D eigenvalue weighted by Gasteiger charge is -2.03. The molecule has 2 N–H and O–H groups in total. The van der Waals surface area contributed by atoms with E-state index in [1.807, 2.05) is 29.0 Å². The SMILES string of the molecule is COc1cccc(Cn2cnc(CCN)c2)n1. The van der Waals surface area contributed by atoms with Gasteiger partial charge in [0.05, 0.1) is 31.4 Å². The Morgan fingerprint density at radius 1 is 1.35 bits per heavy atom. The monoisotopic (exact) mass is 232 g/mol. The van der Waals surface area contributed by atoms with E-state index in [1.54, 1.807) is 13.4 Å². The van der Waals surface area contributed by atoms with E-state index in [1.165, 1.54) is 0 Å². The van der Waals surface area contributed by atoms with Gasteiger partial charge in [-0.25, -0.2) is 9.97 Å². The molecule has 2 aromatic rings. The molecule has 2 aromatic heterocycles. The van der Waals surface area contributed by atoms with E-state index in [9.17, 15) is 0 Å². The zero-order valence-electron chi connectivity index (χ0n) is 9.84. The summed E-state index contributed by atoms with van der Waals surface area (Å²) in [5.41, 5.74) is 7.44. The summed E-state index contributed by atoms with van der Waals surface area (Å²) < 4.78 is 7.08. The lowest BCUT2D eigenvalue weighted by atomic mass is 10.3. The minimum atomic E-state index is 0.619. The molecular formula is C12H16N4O. The Morgan fingerprint density at radius 2 is 2.24 bits per heavy atom. The highest BCUT2D eigenvalue weighted by Crippen LogP contribution is 2.08. The number of hydrogen-bond acceptors (Lipinski definition) is 4. The second-order valence-electron chi connectivity index (χ2n) is 3.75. The molecule has 0 bridgehead atoms. The third kappa shape index (κ3) is 3.04. The van der Waals surface area contributed by atoms with Crippen molar-refractivity contribution in [2.45, 2.75) is 13.0 Å². The summed E-state index contributed by atoms with van der Waals surface area (Å²) in [5, 5.41) is 0. The Labute approximate surface area is 100 Å². The zero-order valence-corrected chi connectivity index (χ0v) is 9.84. The van der Waals surface area contributed by atoms with E-state index in [2.05, 4.69) is 9.97 Å². The summed E-state index contributed by atoms with van der Waals surface area (Å²) in [4.78, 5) is 8.61. The number of ether oxygens (including phenoxy) is 1. The van der Waals surface area contributed by atoms with Crippen molar-refractivity contribution in [1.29, 1.82) is 0 Å². The molecule has 0 saturated carbocycles. The molecule has 0 aliphatic rings. The van der Waals surface area contributed by atoms with Crippen LogP contribution >= 0.6 is 0 Å². The summed E-state index contributed by atoms with van der Waals surface area (Å²) in [6.45, 7) is 1.31. The van der Waals surface area contributed by atoms with Gasteiger partial charge < -0.3 is 15.0 Å². The highest BCUT2D eigenvalue weighted by atomic mass is 16.5. The molecule has 0 unspecified atom stereocenters. The number of imidazole rings is 1. The van der Waals surface area contributed by atoms with Crippen LogP contribution in [-0.2, 0) is 13.0 Å². The highest BCUT2D eigenvalue weighted by molar-refractivity contribution is 5.16. The van der Waals surface area contributed by atoms with Crippen molar-refractivity contribution in [3.05, 3.63) is 42.1 Å². The summed E-state index contributed by atoms with van der Waals surface area (Å²) in [5.74, 6) is 0.629. The minimum absolute atomic E-state index is 0.619. The average Bonchev–Trinajstić information content (AvgIpc) is 2.77. The maximum absolute atomic E-state index is 5.48. The quantitative estimate of drug-likeness (QED) is 0.829. The fourth-order valence-electron chi connectivity index (χ4n) is 1.62. The fraction of sp³-hybridized carbons (Fsp3) is 0.333. The van der Waals surface area contributed by atoms with Crippen molar-refractivity contribution < 1.29 is 4.74 Å². The smallest absolute Gasteiger partial charge is 0.213 e. The summed E-state index contributed by atoms with van der Waals surface area (Å²) >= 11 is 0. The molecule has 5 nitrogen and oxygen atoms in total. The molecule has 0 radical (unpaired) electrons. The molecule has 0 fully saturated rings. The second kappa shape index (κ2) is 5.45. The van der Waals surface area contributed by atoms with Gasteiger partial charge in [-0.3, -0.25) is 0 Å². The van der Waals surface area contributed by atoms with Gasteiger partial charge >= 0.3 is 0 Å². The van der Waals surface area contributed by atoms with E-state index < -0.39 is 0 Å². The van der Waals surface area contributed by atoms with Crippen LogP contribution in [0.3, 0.4) is 0 Å². The van der Waals surface area contributed by atoms with Gasteiger partial charge in [-0.15, -0.1) is 0 Å². The standard InChI is InChI=1S/C12H16N4O/c1-17-12-4-2-3-11(15-12)8-16-7-10(5-6-13)14-9-16/h2-4,7,9H,5-6,8,13H2,1H3. The van der Waals surface area contributed by atoms with Crippen molar-refractivity contribution in [2.24, 2.45) is 5.73 Å². The molecule has 90 valence electrons. The number of hydrogen-bond donors (Lipinski definition) is 1. The van der Waals surface area contributed by atoms with Crippen LogP contribution in [-0.4, -0.2) is 28.2 Å². The maximum Gasteiger partial charge on any atom is 0.213 e. The molecule has 17 heavy (non-hydrogen) atoms. The van der Waals surface area contributed by atoms with Crippen molar-refractivity contribution in [3.8, 4) is 5.88 Å². The first-order chi connectivity index (χ1) is 8.31. The van der Waals surface area contributed by atoms with E-state index in [4.69, 9.17) is 10.5 Å². The van der Waals surface area contributed by atoms with Crippen LogP contribution in [0.1, 0.15) is 11.4 Å².